The van der Waals surface area contributed by atoms with E-state index >= 15 is 0 Å². The Bertz CT molecular complexity index is 330. The Morgan fingerprint density at radius 1 is 1.09 bits per heavy atom. The number of likely N-dealkylation sites (tertiary alicyclic amines) is 1. The smallest absolute Gasteiger partial charge is 0.320 e. The second-order valence-corrected chi connectivity index (χ2v) is 6.80. The highest BCUT2D eigenvalue weighted by molar-refractivity contribution is 5.71. The molecule has 0 aromatic carbocycles. The maximum atomic E-state index is 11.9. The number of ether oxygens (including phenoxy) is 1. The molecule has 22 heavy (non-hydrogen) atoms. The highest BCUT2D eigenvalue weighted by Crippen LogP contribution is 2.17. The van der Waals surface area contributed by atoms with Gasteiger partial charge in [0.05, 0.1) is 13.2 Å². The van der Waals surface area contributed by atoms with Gasteiger partial charge in [-0.1, -0.05) is 26.2 Å². The molecule has 2 heterocycles. The first kappa shape index (κ1) is 17.7. The van der Waals surface area contributed by atoms with Crippen LogP contribution >= 0.6 is 0 Å². The molecule has 0 amide bonds. The average Bonchev–Trinajstić information content (AvgIpc) is 2.96. The standard InChI is InChI=1S/C17H33N3O2/c1-3-4-5-6-13-22-17(21)15-19-8-7-16(14-19)20-11-9-18(2)10-12-20/h16H,3-15H2,1-2H3. The molecule has 0 saturated carbocycles. The number of likely N-dealkylation sites (N-methyl/N-ethyl adjacent to an activating group) is 1. The lowest BCUT2D eigenvalue weighted by molar-refractivity contribution is -0.144. The summed E-state index contributed by atoms with van der Waals surface area (Å²) >= 11 is 0. The van der Waals surface area contributed by atoms with Crippen molar-refractivity contribution in [2.45, 2.75) is 45.1 Å². The zero-order chi connectivity index (χ0) is 15.8. The van der Waals surface area contributed by atoms with E-state index in [0.29, 0.717) is 19.2 Å². The van der Waals surface area contributed by atoms with Crippen LogP contribution in [0.15, 0.2) is 0 Å². The quantitative estimate of drug-likeness (QED) is 0.501. The van der Waals surface area contributed by atoms with Crippen LogP contribution in [0.1, 0.15) is 39.0 Å². The average molecular weight is 311 g/mol. The van der Waals surface area contributed by atoms with E-state index in [1.807, 2.05) is 0 Å². The molecule has 5 nitrogen and oxygen atoms in total. The summed E-state index contributed by atoms with van der Waals surface area (Å²) in [6.45, 7) is 9.96. The molecule has 2 fully saturated rings. The van der Waals surface area contributed by atoms with Crippen molar-refractivity contribution < 1.29 is 9.53 Å². The minimum absolute atomic E-state index is 0.0458. The van der Waals surface area contributed by atoms with Gasteiger partial charge in [0.25, 0.3) is 0 Å². The molecule has 1 atom stereocenters. The van der Waals surface area contributed by atoms with Gasteiger partial charge in [0.2, 0.25) is 0 Å². The maximum absolute atomic E-state index is 11.9. The van der Waals surface area contributed by atoms with E-state index in [4.69, 9.17) is 4.74 Å². The van der Waals surface area contributed by atoms with Gasteiger partial charge in [-0.25, -0.2) is 0 Å². The second kappa shape index (κ2) is 9.48. The van der Waals surface area contributed by atoms with Crippen molar-refractivity contribution in [3.05, 3.63) is 0 Å². The van der Waals surface area contributed by atoms with E-state index in [9.17, 15) is 4.79 Å². The topological polar surface area (TPSA) is 36.0 Å². The Hall–Kier alpha value is -0.650. The van der Waals surface area contributed by atoms with Crippen LogP contribution in [0.5, 0.6) is 0 Å². The van der Waals surface area contributed by atoms with Crippen molar-refractivity contribution in [3.8, 4) is 0 Å². The Morgan fingerprint density at radius 2 is 1.86 bits per heavy atom. The minimum atomic E-state index is -0.0458. The van der Waals surface area contributed by atoms with Crippen molar-refractivity contribution in [2.24, 2.45) is 0 Å². The highest BCUT2D eigenvalue weighted by atomic mass is 16.5. The second-order valence-electron chi connectivity index (χ2n) is 6.80. The summed E-state index contributed by atoms with van der Waals surface area (Å²) in [6, 6.07) is 0.631. The third-order valence-electron chi connectivity index (χ3n) is 4.92. The van der Waals surface area contributed by atoms with E-state index in [0.717, 1.165) is 45.7 Å². The molecular formula is C17H33N3O2. The fourth-order valence-corrected chi connectivity index (χ4v) is 3.38. The molecule has 0 aliphatic carbocycles. The van der Waals surface area contributed by atoms with Crippen molar-refractivity contribution >= 4 is 5.97 Å². The van der Waals surface area contributed by atoms with Gasteiger partial charge in [-0.05, 0) is 19.9 Å². The molecule has 0 N–H and O–H groups in total. The van der Waals surface area contributed by atoms with Crippen LogP contribution in [0.3, 0.4) is 0 Å². The van der Waals surface area contributed by atoms with Crippen molar-refractivity contribution in [3.63, 3.8) is 0 Å². The summed E-state index contributed by atoms with van der Waals surface area (Å²) in [7, 11) is 2.19. The van der Waals surface area contributed by atoms with Crippen LogP contribution in [-0.2, 0) is 9.53 Å². The summed E-state index contributed by atoms with van der Waals surface area (Å²) in [6.07, 6.45) is 5.81. The van der Waals surface area contributed by atoms with E-state index < -0.39 is 0 Å². The van der Waals surface area contributed by atoms with Crippen LogP contribution in [0, 0.1) is 0 Å². The lowest BCUT2D eigenvalue weighted by Crippen LogP contribution is -2.49. The highest BCUT2D eigenvalue weighted by Gasteiger charge is 2.30. The van der Waals surface area contributed by atoms with Crippen LogP contribution < -0.4 is 0 Å². The largest absolute Gasteiger partial charge is 0.465 e. The fraction of sp³-hybridized carbons (Fsp3) is 0.941. The molecule has 128 valence electrons. The summed E-state index contributed by atoms with van der Waals surface area (Å²) in [4.78, 5) is 19.1. The van der Waals surface area contributed by atoms with E-state index in [1.54, 1.807) is 0 Å². The van der Waals surface area contributed by atoms with Gasteiger partial charge in [-0.2, -0.15) is 0 Å². The number of unbranched alkanes of at least 4 members (excludes halogenated alkanes) is 3. The molecule has 0 radical (unpaired) electrons. The van der Waals surface area contributed by atoms with Gasteiger partial charge in [-0.3, -0.25) is 14.6 Å². The van der Waals surface area contributed by atoms with Gasteiger partial charge in [0, 0.05) is 45.3 Å². The van der Waals surface area contributed by atoms with Crippen LogP contribution in [0.4, 0.5) is 0 Å². The molecule has 2 aliphatic rings. The lowest BCUT2D eigenvalue weighted by atomic mass is 10.2. The number of rotatable bonds is 8. The summed E-state index contributed by atoms with van der Waals surface area (Å²) in [5, 5.41) is 0. The van der Waals surface area contributed by atoms with Crippen LogP contribution in [-0.4, -0.2) is 86.2 Å². The third-order valence-corrected chi connectivity index (χ3v) is 4.92. The number of esters is 1. The predicted octanol–water partition coefficient (Wildman–Crippen LogP) is 1.43. The first-order chi connectivity index (χ1) is 10.7. The van der Waals surface area contributed by atoms with E-state index in [2.05, 4.69) is 28.7 Å². The molecule has 1 unspecified atom stereocenters. The number of piperazine rings is 1. The first-order valence-corrected chi connectivity index (χ1v) is 8.99. The maximum Gasteiger partial charge on any atom is 0.320 e. The van der Waals surface area contributed by atoms with E-state index in [-0.39, 0.29) is 5.97 Å². The summed E-state index contributed by atoms with van der Waals surface area (Å²) in [5.41, 5.74) is 0. The van der Waals surface area contributed by atoms with E-state index in [1.165, 1.54) is 25.7 Å². The Kier molecular flexibility index (Phi) is 7.63. The monoisotopic (exact) mass is 311 g/mol. The minimum Gasteiger partial charge on any atom is -0.465 e. The molecule has 0 bridgehead atoms. The van der Waals surface area contributed by atoms with Gasteiger partial charge in [0.1, 0.15) is 0 Å². The van der Waals surface area contributed by atoms with Crippen molar-refractivity contribution in [2.75, 3.05) is 59.5 Å². The van der Waals surface area contributed by atoms with Gasteiger partial charge in [0.15, 0.2) is 0 Å². The molecule has 2 saturated heterocycles. The summed E-state index contributed by atoms with van der Waals surface area (Å²) in [5.74, 6) is -0.0458. The first-order valence-electron chi connectivity index (χ1n) is 8.99. The molecule has 2 aliphatic heterocycles. The van der Waals surface area contributed by atoms with Gasteiger partial charge >= 0.3 is 5.97 Å². The zero-order valence-corrected chi connectivity index (χ0v) is 14.4. The number of carbonyl (C=O) groups excluding carboxylic acids is 1. The van der Waals surface area contributed by atoms with Gasteiger partial charge in [-0.15, -0.1) is 0 Å². The Balaban J connectivity index is 1.58. The third kappa shape index (κ3) is 5.86. The van der Waals surface area contributed by atoms with Crippen molar-refractivity contribution in [1.29, 1.82) is 0 Å². The van der Waals surface area contributed by atoms with Gasteiger partial charge < -0.3 is 9.64 Å². The molecular weight excluding hydrogens is 278 g/mol. The predicted molar refractivity (Wildman–Crippen MR) is 89.0 cm³/mol. The SMILES string of the molecule is CCCCCCOC(=O)CN1CCC(N2CCN(C)CC2)C1. The molecule has 2 rings (SSSR count). The number of hydrogen-bond donors (Lipinski definition) is 0. The molecule has 5 heteroatoms. The molecule has 0 spiro atoms. The fourth-order valence-electron chi connectivity index (χ4n) is 3.38. The normalized spacial score (nSPS) is 24.7. The summed E-state index contributed by atoms with van der Waals surface area (Å²) < 4.78 is 5.34. The molecule has 0 aromatic rings. The number of nitrogens with zero attached hydrogens (tertiary/aromatic N) is 3. The van der Waals surface area contributed by atoms with Crippen LogP contribution in [0.2, 0.25) is 0 Å². The van der Waals surface area contributed by atoms with Crippen LogP contribution in [0.25, 0.3) is 0 Å². The zero-order valence-electron chi connectivity index (χ0n) is 14.4. The number of carbonyl (C=O) groups is 1. The Morgan fingerprint density at radius 3 is 2.59 bits per heavy atom. The Labute approximate surface area is 135 Å². The molecule has 0 aromatic heterocycles. The number of hydrogen-bond acceptors (Lipinski definition) is 5. The lowest BCUT2D eigenvalue weighted by Gasteiger charge is -2.36. The van der Waals surface area contributed by atoms with Crippen molar-refractivity contribution in [1.82, 2.24) is 14.7 Å².